The van der Waals surface area contributed by atoms with E-state index >= 15 is 0 Å². The van der Waals surface area contributed by atoms with E-state index in [1.54, 1.807) is 27.1 Å². The number of fused-ring (bicyclic) bond motifs is 1. The summed E-state index contributed by atoms with van der Waals surface area (Å²) in [5.41, 5.74) is 3.77. The summed E-state index contributed by atoms with van der Waals surface area (Å²) in [5, 5.41) is 23.1. The summed E-state index contributed by atoms with van der Waals surface area (Å²) < 4.78 is 8.79. The molecule has 0 aliphatic heterocycles. The molecule has 0 fully saturated rings. The van der Waals surface area contributed by atoms with E-state index < -0.39 is 18.1 Å². The Morgan fingerprint density at radius 3 is 2.51 bits per heavy atom. The summed E-state index contributed by atoms with van der Waals surface area (Å²) in [6.45, 7) is 9.69. The van der Waals surface area contributed by atoms with E-state index in [1.165, 1.54) is 4.57 Å². The Bertz CT molecular complexity index is 1220. The minimum atomic E-state index is -0.914. The number of aliphatic hydroxyl groups is 2. The number of aryl methyl sites for hydroxylation is 2. The molecule has 3 aromatic rings. The second-order valence-corrected chi connectivity index (χ2v) is 9.61. The van der Waals surface area contributed by atoms with Crippen LogP contribution in [0.1, 0.15) is 44.9 Å². The number of aromatic nitrogens is 3. The largest absolute Gasteiger partial charge is 0.464 e. The Morgan fingerprint density at radius 1 is 1.20 bits per heavy atom. The fraction of sp³-hybridized carbons (Fsp3) is 0.500. The van der Waals surface area contributed by atoms with Crippen LogP contribution in [0.3, 0.4) is 0 Å². The van der Waals surface area contributed by atoms with Crippen molar-refractivity contribution >= 4 is 17.0 Å². The number of imidazole rings is 1. The molecule has 9 nitrogen and oxygen atoms in total. The minimum Gasteiger partial charge on any atom is -0.464 e. The van der Waals surface area contributed by atoms with E-state index in [9.17, 15) is 19.8 Å². The van der Waals surface area contributed by atoms with Gasteiger partial charge >= 0.3 is 5.97 Å². The molecule has 3 atom stereocenters. The molecule has 1 aromatic carbocycles. The third-order valence-electron chi connectivity index (χ3n) is 5.90. The standard InChI is InChI=1S/C26H36N4O5/c1-15(2)14-35-26(34)23(18(5)32)27-11-19-7-8-22-21(10-19)28-24(30(22)17(4)13-31)20-9-16(3)25(33)29(6)12-20/h7-10,12,15,17-18,23,27,31-32H,11,13-14H2,1-6H3/t17-,18+,23-/m0/s1. The maximum atomic E-state index is 12.4. The second-order valence-electron chi connectivity index (χ2n) is 9.61. The van der Waals surface area contributed by atoms with Crippen molar-refractivity contribution in [3.63, 3.8) is 0 Å². The highest BCUT2D eigenvalue weighted by Gasteiger charge is 2.25. The summed E-state index contributed by atoms with van der Waals surface area (Å²) in [7, 11) is 1.70. The molecule has 35 heavy (non-hydrogen) atoms. The first-order chi connectivity index (χ1) is 16.5. The average Bonchev–Trinajstić information content (AvgIpc) is 3.19. The Hall–Kier alpha value is -3.01. The van der Waals surface area contributed by atoms with E-state index in [0.717, 1.165) is 22.2 Å². The predicted molar refractivity (Wildman–Crippen MR) is 135 cm³/mol. The van der Waals surface area contributed by atoms with Crippen LogP contribution in [0.2, 0.25) is 0 Å². The SMILES string of the molecule is Cc1cc(-c2nc3cc(CN[C@H](C(=O)OCC(C)C)[C@@H](C)O)ccc3n2[C@@H](C)CO)cn(C)c1=O. The topological polar surface area (TPSA) is 119 Å². The maximum Gasteiger partial charge on any atom is 0.325 e. The van der Waals surface area contributed by atoms with Gasteiger partial charge in [-0.15, -0.1) is 0 Å². The van der Waals surface area contributed by atoms with Crippen molar-refractivity contribution in [3.8, 4) is 11.4 Å². The molecule has 3 N–H and O–H groups in total. The molecule has 0 saturated carbocycles. The van der Waals surface area contributed by atoms with Gasteiger partial charge in [0, 0.05) is 30.9 Å². The number of carbonyl (C=O) groups excluding carboxylic acids is 1. The number of hydrogen-bond acceptors (Lipinski definition) is 7. The van der Waals surface area contributed by atoms with E-state index in [-0.39, 0.29) is 24.1 Å². The molecule has 0 aliphatic carbocycles. The molecule has 0 amide bonds. The van der Waals surface area contributed by atoms with Crippen molar-refractivity contribution in [2.45, 2.75) is 59.4 Å². The van der Waals surface area contributed by atoms with Gasteiger partial charge in [-0.1, -0.05) is 19.9 Å². The summed E-state index contributed by atoms with van der Waals surface area (Å²) in [4.78, 5) is 29.4. The number of pyridine rings is 1. The first-order valence-corrected chi connectivity index (χ1v) is 11.9. The lowest BCUT2D eigenvalue weighted by Gasteiger charge is -2.21. The number of nitrogens with one attached hydrogen (secondary N) is 1. The summed E-state index contributed by atoms with van der Waals surface area (Å²) in [5.74, 6) is 0.380. The number of ether oxygens (including phenoxy) is 1. The van der Waals surface area contributed by atoms with Gasteiger partial charge < -0.3 is 24.1 Å². The highest BCUT2D eigenvalue weighted by molar-refractivity contribution is 5.81. The van der Waals surface area contributed by atoms with E-state index in [0.29, 0.717) is 24.5 Å². The van der Waals surface area contributed by atoms with Gasteiger partial charge in [0.05, 0.1) is 36.4 Å². The van der Waals surface area contributed by atoms with Gasteiger partial charge in [0.2, 0.25) is 0 Å². The van der Waals surface area contributed by atoms with Gasteiger partial charge in [-0.25, -0.2) is 4.98 Å². The van der Waals surface area contributed by atoms with Crippen LogP contribution in [0.5, 0.6) is 0 Å². The maximum absolute atomic E-state index is 12.4. The average molecular weight is 485 g/mol. The highest BCUT2D eigenvalue weighted by atomic mass is 16.5. The molecule has 190 valence electrons. The molecule has 2 heterocycles. The molecule has 0 saturated heterocycles. The molecular weight excluding hydrogens is 448 g/mol. The lowest BCUT2D eigenvalue weighted by molar-refractivity contribution is -0.150. The zero-order valence-corrected chi connectivity index (χ0v) is 21.3. The molecule has 2 aromatic heterocycles. The van der Waals surface area contributed by atoms with Crippen LogP contribution in [-0.4, -0.2) is 55.7 Å². The lowest BCUT2D eigenvalue weighted by atomic mass is 10.1. The van der Waals surface area contributed by atoms with Crippen LogP contribution in [0, 0.1) is 12.8 Å². The van der Waals surface area contributed by atoms with Gasteiger partial charge in [0.25, 0.3) is 5.56 Å². The van der Waals surface area contributed by atoms with E-state index in [1.807, 2.05) is 49.6 Å². The number of nitrogens with zero attached hydrogens (tertiary/aromatic N) is 3. The van der Waals surface area contributed by atoms with Crippen LogP contribution >= 0.6 is 0 Å². The van der Waals surface area contributed by atoms with Crippen LogP contribution in [0.4, 0.5) is 0 Å². The zero-order valence-electron chi connectivity index (χ0n) is 21.3. The second kappa shape index (κ2) is 11.2. The molecule has 0 spiro atoms. The molecule has 0 aliphatic rings. The third-order valence-corrected chi connectivity index (χ3v) is 5.90. The fourth-order valence-electron chi connectivity index (χ4n) is 4.00. The molecule has 3 rings (SSSR count). The van der Waals surface area contributed by atoms with E-state index in [2.05, 4.69) is 5.32 Å². The molecule has 0 bridgehead atoms. The number of carbonyl (C=O) groups is 1. The number of rotatable bonds is 10. The van der Waals surface area contributed by atoms with Gasteiger partial charge in [0.1, 0.15) is 11.9 Å². The number of aliphatic hydroxyl groups excluding tert-OH is 2. The van der Waals surface area contributed by atoms with Crippen LogP contribution in [-0.2, 0) is 23.1 Å². The van der Waals surface area contributed by atoms with Gasteiger partial charge in [-0.2, -0.15) is 0 Å². The summed E-state index contributed by atoms with van der Waals surface area (Å²) in [6.07, 6.45) is 0.831. The smallest absolute Gasteiger partial charge is 0.325 e. The number of esters is 1. The lowest BCUT2D eigenvalue weighted by Crippen LogP contribution is -2.45. The van der Waals surface area contributed by atoms with Crippen LogP contribution in [0.25, 0.3) is 22.4 Å². The molecule has 0 unspecified atom stereocenters. The Labute approximate surface area is 205 Å². The molecule has 0 radical (unpaired) electrons. The van der Waals surface area contributed by atoms with Crippen molar-refractivity contribution in [2.24, 2.45) is 13.0 Å². The summed E-state index contributed by atoms with van der Waals surface area (Å²) in [6, 6.07) is 6.50. The Kier molecular flexibility index (Phi) is 8.47. The Balaban J connectivity index is 1.94. The van der Waals surface area contributed by atoms with Crippen molar-refractivity contribution in [2.75, 3.05) is 13.2 Å². The van der Waals surface area contributed by atoms with Crippen molar-refractivity contribution in [3.05, 3.63) is 51.9 Å². The fourth-order valence-corrected chi connectivity index (χ4v) is 4.00. The zero-order chi connectivity index (χ0) is 25.9. The Morgan fingerprint density at radius 2 is 1.91 bits per heavy atom. The molecular formula is C26H36N4O5. The van der Waals surface area contributed by atoms with Crippen molar-refractivity contribution in [1.82, 2.24) is 19.4 Å². The van der Waals surface area contributed by atoms with Crippen molar-refractivity contribution < 1.29 is 19.7 Å². The van der Waals surface area contributed by atoms with Crippen LogP contribution in [0.15, 0.2) is 35.3 Å². The van der Waals surface area contributed by atoms with Gasteiger partial charge in [-0.3, -0.25) is 14.9 Å². The predicted octanol–water partition coefficient (Wildman–Crippen LogP) is 2.30. The van der Waals surface area contributed by atoms with Crippen molar-refractivity contribution in [1.29, 1.82) is 0 Å². The third kappa shape index (κ3) is 5.98. The van der Waals surface area contributed by atoms with Gasteiger partial charge in [-0.05, 0) is 50.5 Å². The monoisotopic (exact) mass is 484 g/mol. The summed E-state index contributed by atoms with van der Waals surface area (Å²) >= 11 is 0. The minimum absolute atomic E-state index is 0.0684. The van der Waals surface area contributed by atoms with E-state index in [4.69, 9.17) is 9.72 Å². The first-order valence-electron chi connectivity index (χ1n) is 11.9. The van der Waals surface area contributed by atoms with Gasteiger partial charge in [0.15, 0.2) is 0 Å². The highest BCUT2D eigenvalue weighted by Crippen LogP contribution is 2.29. The normalized spacial score (nSPS) is 14.3. The van der Waals surface area contributed by atoms with Crippen LogP contribution < -0.4 is 10.9 Å². The number of benzene rings is 1. The first kappa shape index (κ1) is 26.6. The quantitative estimate of drug-likeness (QED) is 0.378. The number of hydrogen-bond donors (Lipinski definition) is 3. The molecule has 9 heteroatoms.